The summed E-state index contributed by atoms with van der Waals surface area (Å²) >= 11 is -1.84. The molecule has 0 radical (unpaired) electrons. The van der Waals surface area contributed by atoms with Crippen molar-refractivity contribution in [2.75, 3.05) is 5.75 Å². The van der Waals surface area contributed by atoms with Gasteiger partial charge in [0, 0.05) is 5.75 Å². The average Bonchev–Trinajstić information content (AvgIpc) is 1.85. The molecule has 2 nitrogen and oxygen atoms in total. The Kier molecular flexibility index (Phi) is 5.93. The number of hydrogen-bond donors (Lipinski definition) is 0. The summed E-state index contributed by atoms with van der Waals surface area (Å²) in [5.41, 5.74) is 0. The van der Waals surface area contributed by atoms with Crippen molar-refractivity contribution in [3.8, 4) is 0 Å². The van der Waals surface area contributed by atoms with Crippen LogP contribution in [0.4, 0.5) is 0 Å². The highest BCUT2D eigenvalue weighted by Crippen LogP contribution is 2.09. The first-order valence-electron chi connectivity index (χ1n) is 3.72. The largest absolute Gasteiger partial charge is 0.772 e. The average molecular weight is 163 g/mol. The van der Waals surface area contributed by atoms with E-state index in [4.69, 9.17) is 0 Å². The summed E-state index contributed by atoms with van der Waals surface area (Å²) in [6.45, 7) is 4.21. The minimum Gasteiger partial charge on any atom is -0.772 e. The lowest BCUT2D eigenvalue weighted by Gasteiger charge is -2.10. The van der Waals surface area contributed by atoms with E-state index < -0.39 is 11.1 Å². The Balaban J connectivity index is 3.21. The van der Waals surface area contributed by atoms with Gasteiger partial charge in [0.2, 0.25) is 0 Å². The molecule has 0 spiro atoms. The van der Waals surface area contributed by atoms with Crippen LogP contribution in [0.1, 0.15) is 33.1 Å². The van der Waals surface area contributed by atoms with E-state index in [1.807, 2.05) is 0 Å². The van der Waals surface area contributed by atoms with Crippen molar-refractivity contribution in [3.63, 3.8) is 0 Å². The minimum absolute atomic E-state index is 0.321. The van der Waals surface area contributed by atoms with Gasteiger partial charge in [-0.3, -0.25) is 4.21 Å². The lowest BCUT2D eigenvalue weighted by molar-refractivity contribution is 0.490. The first kappa shape index (κ1) is 10.1. The highest BCUT2D eigenvalue weighted by atomic mass is 32.2. The first-order valence-corrected chi connectivity index (χ1v) is 4.97. The van der Waals surface area contributed by atoms with Crippen molar-refractivity contribution in [3.05, 3.63) is 0 Å². The quantitative estimate of drug-likeness (QED) is 0.579. The number of hydrogen-bond acceptors (Lipinski definition) is 2. The van der Waals surface area contributed by atoms with Gasteiger partial charge in [0.05, 0.1) is 0 Å². The first-order chi connectivity index (χ1) is 4.66. The van der Waals surface area contributed by atoms with Crippen LogP contribution in [0.15, 0.2) is 0 Å². The van der Waals surface area contributed by atoms with Crippen molar-refractivity contribution < 1.29 is 8.76 Å². The second-order valence-electron chi connectivity index (χ2n) is 2.69. The summed E-state index contributed by atoms with van der Waals surface area (Å²) < 4.78 is 20.2. The van der Waals surface area contributed by atoms with Crippen LogP contribution in [0.25, 0.3) is 0 Å². The summed E-state index contributed by atoms with van der Waals surface area (Å²) in [6.07, 6.45) is 3.09. The van der Waals surface area contributed by atoms with Gasteiger partial charge in [-0.2, -0.15) is 0 Å². The Morgan fingerprint density at radius 2 is 2.10 bits per heavy atom. The molecule has 62 valence electrons. The highest BCUT2D eigenvalue weighted by molar-refractivity contribution is 7.79. The van der Waals surface area contributed by atoms with E-state index in [0.29, 0.717) is 11.7 Å². The lowest BCUT2D eigenvalue weighted by Crippen LogP contribution is -2.02. The van der Waals surface area contributed by atoms with Gasteiger partial charge in [0.1, 0.15) is 0 Å². The van der Waals surface area contributed by atoms with Crippen LogP contribution in [0.5, 0.6) is 0 Å². The minimum atomic E-state index is -1.84. The zero-order valence-corrected chi connectivity index (χ0v) is 7.45. The molecule has 0 N–H and O–H groups in total. The summed E-state index contributed by atoms with van der Waals surface area (Å²) in [4.78, 5) is 0. The Morgan fingerprint density at radius 1 is 1.50 bits per heavy atom. The summed E-state index contributed by atoms with van der Waals surface area (Å²) in [6, 6.07) is 0. The van der Waals surface area contributed by atoms with E-state index in [0.717, 1.165) is 19.3 Å². The molecular weight excluding hydrogens is 148 g/mol. The van der Waals surface area contributed by atoms with E-state index in [-0.39, 0.29) is 0 Å². The molecular formula is C7H15O2S-. The van der Waals surface area contributed by atoms with Gasteiger partial charge < -0.3 is 4.55 Å². The zero-order valence-electron chi connectivity index (χ0n) is 6.63. The van der Waals surface area contributed by atoms with Gasteiger partial charge in [0.15, 0.2) is 0 Å². The third-order valence-corrected chi connectivity index (χ3v) is 2.13. The van der Waals surface area contributed by atoms with Crippen LogP contribution in [-0.2, 0) is 11.1 Å². The van der Waals surface area contributed by atoms with Crippen LogP contribution < -0.4 is 0 Å². The monoisotopic (exact) mass is 163 g/mol. The molecule has 0 fully saturated rings. The summed E-state index contributed by atoms with van der Waals surface area (Å²) in [5.74, 6) is 0.879. The molecule has 2 atom stereocenters. The smallest absolute Gasteiger partial charge is 0.0104 e. The lowest BCUT2D eigenvalue weighted by atomic mass is 10.0. The number of rotatable bonds is 5. The third kappa shape index (κ3) is 6.23. The topological polar surface area (TPSA) is 40.1 Å². The van der Waals surface area contributed by atoms with Gasteiger partial charge >= 0.3 is 0 Å². The van der Waals surface area contributed by atoms with Crippen molar-refractivity contribution >= 4 is 11.1 Å². The van der Waals surface area contributed by atoms with Crippen LogP contribution >= 0.6 is 0 Å². The molecule has 0 aromatic carbocycles. The second-order valence-corrected chi connectivity index (χ2v) is 3.71. The molecule has 0 bridgehead atoms. The summed E-state index contributed by atoms with van der Waals surface area (Å²) in [5, 5.41) is 0. The third-order valence-electron chi connectivity index (χ3n) is 1.56. The Morgan fingerprint density at radius 3 is 2.50 bits per heavy atom. The Hall–Kier alpha value is 0.110. The van der Waals surface area contributed by atoms with E-state index in [2.05, 4.69) is 13.8 Å². The molecule has 0 aliphatic rings. The van der Waals surface area contributed by atoms with Crippen molar-refractivity contribution in [1.29, 1.82) is 0 Å². The maximum absolute atomic E-state index is 10.1. The van der Waals surface area contributed by atoms with Gasteiger partial charge in [-0.05, 0) is 12.3 Å². The molecule has 0 aliphatic heterocycles. The van der Waals surface area contributed by atoms with Crippen molar-refractivity contribution in [2.45, 2.75) is 33.1 Å². The van der Waals surface area contributed by atoms with E-state index in [1.54, 1.807) is 0 Å². The maximum atomic E-state index is 10.1. The molecule has 0 saturated heterocycles. The second kappa shape index (κ2) is 5.86. The van der Waals surface area contributed by atoms with E-state index >= 15 is 0 Å². The van der Waals surface area contributed by atoms with Gasteiger partial charge in [-0.25, -0.2) is 0 Å². The standard InChI is InChI=1S/C7H16O2S/c1-3-4-7(2)5-6-10(8)9/h7H,3-6H2,1-2H3,(H,8,9)/p-1. The van der Waals surface area contributed by atoms with Gasteiger partial charge in [0.25, 0.3) is 0 Å². The molecule has 10 heavy (non-hydrogen) atoms. The Labute approximate surface area is 65.3 Å². The van der Waals surface area contributed by atoms with Crippen LogP contribution in [0.2, 0.25) is 0 Å². The molecule has 0 amide bonds. The predicted molar refractivity (Wildman–Crippen MR) is 42.5 cm³/mol. The SMILES string of the molecule is CCCC(C)CCS(=O)[O-]. The van der Waals surface area contributed by atoms with Gasteiger partial charge in [-0.15, -0.1) is 0 Å². The van der Waals surface area contributed by atoms with Crippen molar-refractivity contribution in [1.82, 2.24) is 0 Å². The highest BCUT2D eigenvalue weighted by Gasteiger charge is 1.98. The zero-order chi connectivity index (χ0) is 7.98. The van der Waals surface area contributed by atoms with Crippen LogP contribution in [0, 0.1) is 5.92 Å². The molecule has 0 aromatic rings. The summed E-state index contributed by atoms with van der Waals surface area (Å²) in [7, 11) is 0. The molecule has 0 heterocycles. The van der Waals surface area contributed by atoms with E-state index in [9.17, 15) is 8.76 Å². The molecule has 2 unspecified atom stereocenters. The molecule has 0 aromatic heterocycles. The molecule has 0 aliphatic carbocycles. The van der Waals surface area contributed by atoms with Crippen LogP contribution in [0.3, 0.4) is 0 Å². The fourth-order valence-electron chi connectivity index (χ4n) is 0.935. The van der Waals surface area contributed by atoms with Crippen molar-refractivity contribution in [2.24, 2.45) is 5.92 Å². The Bertz CT molecular complexity index is 104. The molecule has 0 rings (SSSR count). The van der Waals surface area contributed by atoms with Gasteiger partial charge in [-0.1, -0.05) is 37.8 Å². The maximum Gasteiger partial charge on any atom is 0.0104 e. The van der Waals surface area contributed by atoms with E-state index in [1.165, 1.54) is 0 Å². The van der Waals surface area contributed by atoms with Crippen LogP contribution in [-0.4, -0.2) is 14.5 Å². The fourth-order valence-corrected chi connectivity index (χ4v) is 1.53. The fraction of sp³-hybridized carbons (Fsp3) is 1.00. The predicted octanol–water partition coefficient (Wildman–Crippen LogP) is 1.69. The molecule has 0 saturated carbocycles. The normalized spacial score (nSPS) is 16.7. The molecule has 3 heteroatoms.